The first-order valence-corrected chi connectivity index (χ1v) is 10.7. The monoisotopic (exact) mass is 380 g/mol. The van der Waals surface area contributed by atoms with Crippen molar-refractivity contribution in [2.24, 2.45) is 0 Å². The molecule has 3 nitrogen and oxygen atoms in total. The Hall–Kier alpha value is -1.25. The summed E-state index contributed by atoms with van der Waals surface area (Å²) in [5.74, 6) is 0.345. The molecule has 0 amide bonds. The van der Waals surface area contributed by atoms with Crippen molar-refractivity contribution in [2.75, 3.05) is 11.5 Å². The smallest absolute Gasteiger partial charge is 0.209 e. The molecule has 0 heterocycles. The van der Waals surface area contributed by atoms with Crippen molar-refractivity contribution in [2.45, 2.75) is 31.2 Å². The zero-order valence-electron chi connectivity index (χ0n) is 13.6. The Morgan fingerprint density at radius 3 is 2.00 bits per heavy atom. The first kappa shape index (κ1) is 19.1. The maximum absolute atomic E-state index is 12.8. The molecular formula is C16H19F3O3S2. The number of hydrogen-bond donors (Lipinski definition) is 0. The fourth-order valence-corrected chi connectivity index (χ4v) is 7.27. The van der Waals surface area contributed by atoms with Gasteiger partial charge in [0.1, 0.15) is 0 Å². The van der Waals surface area contributed by atoms with Crippen LogP contribution in [0, 0.1) is 6.92 Å². The summed E-state index contributed by atoms with van der Waals surface area (Å²) in [5.41, 5.74) is -4.47. The molecule has 0 aliphatic heterocycles. The molecule has 0 saturated heterocycles. The summed E-state index contributed by atoms with van der Waals surface area (Å²) in [5, 5.41) is 1.61. The number of hydrogen-bond acceptors (Lipinski definition) is 3. The number of alkyl halides is 3. The third kappa shape index (κ3) is 3.27. The van der Waals surface area contributed by atoms with Gasteiger partial charge in [-0.05, 0) is 29.3 Å². The Morgan fingerprint density at radius 2 is 1.50 bits per heavy atom. The van der Waals surface area contributed by atoms with E-state index in [1.165, 1.54) is 0 Å². The summed E-state index contributed by atoms with van der Waals surface area (Å²) in [6, 6.07) is 10.7. The zero-order chi connectivity index (χ0) is 18.2. The van der Waals surface area contributed by atoms with Crippen molar-refractivity contribution in [3.63, 3.8) is 0 Å². The quantitative estimate of drug-likeness (QED) is 0.675. The Labute approximate surface area is 141 Å². The normalized spacial score (nSPS) is 14.1. The molecule has 2 aromatic rings. The molecular weight excluding hydrogens is 361 g/mol. The minimum absolute atomic E-state index is 0.172. The molecule has 0 radical (unpaired) electrons. The van der Waals surface area contributed by atoms with E-state index in [-0.39, 0.29) is 11.5 Å². The van der Waals surface area contributed by atoms with Crippen molar-refractivity contribution in [3.8, 4) is 0 Å². The lowest BCUT2D eigenvalue weighted by molar-refractivity contribution is -0.0496. The van der Waals surface area contributed by atoms with Gasteiger partial charge in [-0.3, -0.25) is 0 Å². The predicted molar refractivity (Wildman–Crippen MR) is 91.7 cm³/mol. The van der Waals surface area contributed by atoms with E-state index < -0.39 is 25.9 Å². The van der Waals surface area contributed by atoms with Gasteiger partial charge in [0, 0.05) is 16.4 Å². The summed E-state index contributed by atoms with van der Waals surface area (Å²) in [7, 11) is -8.31. The Bertz CT molecular complexity index is 841. The van der Waals surface area contributed by atoms with Crippen molar-refractivity contribution < 1.29 is 25.2 Å². The highest BCUT2D eigenvalue weighted by molar-refractivity contribution is 8.33. The predicted octanol–water partition coefficient (Wildman–Crippen LogP) is 5.13. The van der Waals surface area contributed by atoms with E-state index >= 15 is 0 Å². The topological polar surface area (TPSA) is 43.4 Å². The van der Waals surface area contributed by atoms with Crippen LogP contribution in [0.4, 0.5) is 13.2 Å². The van der Waals surface area contributed by atoms with Gasteiger partial charge in [-0.1, -0.05) is 54.5 Å². The molecule has 0 N–H and O–H groups in total. The van der Waals surface area contributed by atoms with Crippen LogP contribution >= 0.6 is 10.3 Å². The molecule has 0 bridgehead atoms. The van der Waals surface area contributed by atoms with E-state index in [9.17, 15) is 21.6 Å². The molecule has 2 rings (SSSR count). The largest absolute Gasteiger partial charge is 0.523 e. The van der Waals surface area contributed by atoms with E-state index in [4.69, 9.17) is 3.63 Å². The Balaban J connectivity index is 2.71. The van der Waals surface area contributed by atoms with E-state index in [0.29, 0.717) is 4.90 Å². The lowest BCUT2D eigenvalue weighted by Crippen LogP contribution is -2.28. The molecule has 24 heavy (non-hydrogen) atoms. The van der Waals surface area contributed by atoms with Crippen molar-refractivity contribution in [1.29, 1.82) is 0 Å². The van der Waals surface area contributed by atoms with Gasteiger partial charge in [0.25, 0.3) is 0 Å². The molecule has 0 fully saturated rings. The highest BCUT2D eigenvalue weighted by Crippen LogP contribution is 2.60. The third-order valence-corrected chi connectivity index (χ3v) is 9.29. The molecule has 2 aromatic carbocycles. The fourth-order valence-electron chi connectivity index (χ4n) is 2.60. The van der Waals surface area contributed by atoms with Crippen LogP contribution in [0.2, 0.25) is 0 Å². The maximum Gasteiger partial charge on any atom is 0.523 e. The van der Waals surface area contributed by atoms with E-state index in [2.05, 4.69) is 0 Å². The van der Waals surface area contributed by atoms with E-state index in [1.54, 1.807) is 38.1 Å². The molecule has 134 valence electrons. The van der Waals surface area contributed by atoms with Crippen LogP contribution in [0.3, 0.4) is 0 Å². The summed E-state index contributed by atoms with van der Waals surface area (Å²) >= 11 is 0. The third-order valence-electron chi connectivity index (χ3n) is 3.94. The summed E-state index contributed by atoms with van der Waals surface area (Å²) in [6.07, 6.45) is 0. The lowest BCUT2D eigenvalue weighted by atomic mass is 10.1. The van der Waals surface area contributed by atoms with Gasteiger partial charge in [-0.15, -0.1) is 0 Å². The molecule has 0 unspecified atom stereocenters. The number of aryl methyl sites for hydroxylation is 1. The van der Waals surface area contributed by atoms with Crippen LogP contribution in [0.15, 0.2) is 41.3 Å². The molecule has 0 spiro atoms. The minimum atomic E-state index is -5.67. The Kier molecular flexibility index (Phi) is 5.22. The summed E-state index contributed by atoms with van der Waals surface area (Å²) in [4.78, 5) is 0.529. The zero-order valence-corrected chi connectivity index (χ0v) is 15.2. The summed E-state index contributed by atoms with van der Waals surface area (Å²) < 4.78 is 66.6. The van der Waals surface area contributed by atoms with Crippen molar-refractivity contribution >= 4 is 31.2 Å². The maximum atomic E-state index is 12.8. The van der Waals surface area contributed by atoms with Crippen LogP contribution in [0.1, 0.15) is 19.4 Å². The van der Waals surface area contributed by atoms with Gasteiger partial charge < -0.3 is 0 Å². The van der Waals surface area contributed by atoms with Gasteiger partial charge in [0.05, 0.1) is 0 Å². The standard InChI is InChI=1S/C16H19F3O3S2/c1-4-23(5-2,22-24(20,21)16(17,18)19)15-11-10-12(3)13-8-6-7-9-14(13)15/h6-11H,4-5H2,1-3H3. The number of rotatable bonds is 5. The summed E-state index contributed by atoms with van der Waals surface area (Å²) in [6.45, 7) is 5.20. The molecule has 0 aliphatic carbocycles. The van der Waals surface area contributed by atoms with Crippen molar-refractivity contribution in [1.82, 2.24) is 0 Å². The second kappa shape index (κ2) is 6.57. The molecule has 0 aromatic heterocycles. The average Bonchev–Trinajstić information content (AvgIpc) is 2.52. The fraction of sp³-hybridized carbons (Fsp3) is 0.375. The molecule has 0 saturated carbocycles. The van der Waals surface area contributed by atoms with Crippen LogP contribution in [0.5, 0.6) is 0 Å². The number of fused-ring (bicyclic) bond motifs is 1. The van der Waals surface area contributed by atoms with E-state index in [1.807, 2.05) is 19.1 Å². The van der Waals surface area contributed by atoms with Crippen LogP contribution < -0.4 is 0 Å². The van der Waals surface area contributed by atoms with Gasteiger partial charge in [0.15, 0.2) is 0 Å². The first-order valence-electron chi connectivity index (χ1n) is 7.37. The number of halogens is 3. The van der Waals surface area contributed by atoms with Crippen molar-refractivity contribution in [3.05, 3.63) is 42.0 Å². The van der Waals surface area contributed by atoms with Gasteiger partial charge in [0.2, 0.25) is 0 Å². The second-order valence-corrected chi connectivity index (χ2v) is 10.4. The highest BCUT2D eigenvalue weighted by Gasteiger charge is 2.51. The SMILES string of the molecule is CCS(CC)(OS(=O)(=O)C(F)(F)F)c1ccc(C)c2ccccc12. The van der Waals surface area contributed by atoms with Gasteiger partial charge in [-0.2, -0.15) is 21.6 Å². The first-order chi connectivity index (χ1) is 11.1. The second-order valence-electron chi connectivity index (χ2n) is 5.28. The molecule has 0 aliphatic rings. The minimum Gasteiger partial charge on any atom is -0.209 e. The van der Waals surface area contributed by atoms with Crippen LogP contribution in [0.25, 0.3) is 10.8 Å². The van der Waals surface area contributed by atoms with E-state index in [0.717, 1.165) is 16.3 Å². The van der Waals surface area contributed by atoms with Crippen LogP contribution in [-0.4, -0.2) is 25.4 Å². The lowest BCUT2D eigenvalue weighted by Gasteiger charge is -2.37. The average molecular weight is 380 g/mol. The van der Waals surface area contributed by atoms with Gasteiger partial charge in [-0.25, -0.2) is 3.63 Å². The molecule has 0 atom stereocenters. The van der Waals surface area contributed by atoms with Gasteiger partial charge >= 0.3 is 15.6 Å². The number of benzene rings is 2. The Morgan fingerprint density at radius 1 is 0.958 bits per heavy atom. The highest BCUT2D eigenvalue weighted by atomic mass is 32.3. The molecule has 8 heteroatoms. The van der Waals surface area contributed by atoms with Crippen LogP contribution in [-0.2, 0) is 13.7 Å².